The quantitative estimate of drug-likeness (QED) is 0.686. The van der Waals surface area contributed by atoms with Gasteiger partial charge < -0.3 is 0 Å². The predicted molar refractivity (Wildman–Crippen MR) is 108 cm³/mol. The van der Waals surface area contributed by atoms with Crippen LogP contribution < -0.4 is 4.72 Å². The number of hydrogen-bond acceptors (Lipinski definition) is 4. The summed E-state index contributed by atoms with van der Waals surface area (Å²) in [5.41, 5.74) is 1.93. The molecule has 7 heteroatoms. The lowest BCUT2D eigenvalue weighted by Crippen LogP contribution is -2.39. The van der Waals surface area contributed by atoms with Crippen molar-refractivity contribution in [2.75, 3.05) is 5.75 Å². The van der Waals surface area contributed by atoms with E-state index in [9.17, 15) is 16.8 Å². The average Bonchev–Trinajstić information content (AvgIpc) is 2.60. The number of nitrogens with one attached hydrogen (secondary N) is 1. The van der Waals surface area contributed by atoms with Gasteiger partial charge in [-0.05, 0) is 44.5 Å². The number of rotatable bonds is 9. The van der Waals surface area contributed by atoms with Crippen molar-refractivity contribution in [3.8, 4) is 0 Å². The van der Waals surface area contributed by atoms with Gasteiger partial charge >= 0.3 is 0 Å². The van der Waals surface area contributed by atoms with E-state index in [1.54, 1.807) is 36.4 Å². The fraction of sp³-hybridized carbons (Fsp3) is 0.400. The van der Waals surface area contributed by atoms with Crippen LogP contribution in [0.15, 0.2) is 58.3 Å². The highest BCUT2D eigenvalue weighted by molar-refractivity contribution is 7.91. The number of benzene rings is 2. The smallest absolute Gasteiger partial charge is 0.224 e. The fourth-order valence-electron chi connectivity index (χ4n) is 2.74. The maximum atomic E-state index is 12.7. The van der Waals surface area contributed by atoms with Crippen molar-refractivity contribution in [1.29, 1.82) is 0 Å². The van der Waals surface area contributed by atoms with Crippen LogP contribution in [0.1, 0.15) is 37.3 Å². The molecule has 0 aromatic heterocycles. The zero-order valence-corrected chi connectivity index (χ0v) is 17.6. The molecule has 2 aromatic rings. The Bertz CT molecular complexity index is 871. The average molecular weight is 410 g/mol. The Kier molecular flexibility index (Phi) is 7.19. The molecule has 0 amide bonds. The van der Waals surface area contributed by atoms with Gasteiger partial charge in [-0.25, -0.2) is 21.6 Å². The zero-order valence-electron chi connectivity index (χ0n) is 16.0. The Morgan fingerprint density at radius 3 is 1.78 bits per heavy atom. The highest BCUT2D eigenvalue weighted by Crippen LogP contribution is 2.17. The van der Waals surface area contributed by atoms with Gasteiger partial charge in [0.1, 0.15) is 0 Å². The summed E-state index contributed by atoms with van der Waals surface area (Å²) in [5, 5.41) is 0. The molecule has 0 radical (unpaired) electrons. The van der Waals surface area contributed by atoms with E-state index in [1.165, 1.54) is 12.1 Å². The molecule has 1 atom stereocenters. The molecule has 0 saturated heterocycles. The minimum Gasteiger partial charge on any atom is -0.224 e. The molecule has 0 saturated carbocycles. The van der Waals surface area contributed by atoms with E-state index in [4.69, 9.17) is 0 Å². The van der Waals surface area contributed by atoms with Gasteiger partial charge in [-0.2, -0.15) is 0 Å². The molecule has 2 aromatic carbocycles. The van der Waals surface area contributed by atoms with Gasteiger partial charge in [-0.15, -0.1) is 0 Å². The van der Waals surface area contributed by atoms with E-state index < -0.39 is 25.9 Å². The summed E-state index contributed by atoms with van der Waals surface area (Å²) in [5.74, 6) is -0.263. The molecule has 0 spiro atoms. The summed E-state index contributed by atoms with van der Waals surface area (Å²) >= 11 is 0. The number of unbranched alkanes of at least 4 members (excludes halogenated alkanes) is 1. The third-order valence-electron chi connectivity index (χ3n) is 4.36. The van der Waals surface area contributed by atoms with Crippen LogP contribution in [0, 0.1) is 13.8 Å². The van der Waals surface area contributed by atoms with Crippen LogP contribution in [0.25, 0.3) is 0 Å². The largest absolute Gasteiger partial charge is 0.240 e. The van der Waals surface area contributed by atoms with E-state index in [1.807, 2.05) is 20.8 Å². The highest BCUT2D eigenvalue weighted by Gasteiger charge is 2.26. The highest BCUT2D eigenvalue weighted by atomic mass is 32.2. The second-order valence-electron chi connectivity index (χ2n) is 6.87. The second kappa shape index (κ2) is 8.99. The summed E-state index contributed by atoms with van der Waals surface area (Å²) < 4.78 is 53.4. The number of aryl methyl sites for hydroxylation is 2. The lowest BCUT2D eigenvalue weighted by atomic mass is 10.2. The van der Waals surface area contributed by atoms with Crippen LogP contribution in [0.3, 0.4) is 0 Å². The Morgan fingerprint density at radius 2 is 1.30 bits per heavy atom. The second-order valence-corrected chi connectivity index (χ2v) is 10.6. The van der Waals surface area contributed by atoms with Crippen molar-refractivity contribution >= 4 is 19.9 Å². The van der Waals surface area contributed by atoms with Crippen LogP contribution in [-0.2, 0) is 19.9 Å². The van der Waals surface area contributed by atoms with E-state index in [0.29, 0.717) is 6.42 Å². The van der Waals surface area contributed by atoms with Crippen LogP contribution >= 0.6 is 0 Å². The van der Waals surface area contributed by atoms with Crippen molar-refractivity contribution in [1.82, 2.24) is 4.72 Å². The summed E-state index contributed by atoms with van der Waals surface area (Å²) in [4.78, 5) is 0.353. The zero-order chi connectivity index (χ0) is 20.1. The van der Waals surface area contributed by atoms with E-state index in [2.05, 4.69) is 4.72 Å². The van der Waals surface area contributed by atoms with Crippen molar-refractivity contribution in [2.24, 2.45) is 0 Å². The lowest BCUT2D eigenvalue weighted by Gasteiger charge is -2.19. The predicted octanol–water partition coefficient (Wildman–Crippen LogP) is 3.61. The Labute approximate surface area is 162 Å². The first-order valence-corrected chi connectivity index (χ1v) is 12.2. The third kappa shape index (κ3) is 6.16. The summed E-state index contributed by atoms with van der Waals surface area (Å²) in [6, 6.07) is 12.4. The molecular weight excluding hydrogens is 382 g/mol. The van der Waals surface area contributed by atoms with Crippen molar-refractivity contribution in [2.45, 2.75) is 55.9 Å². The molecule has 2 rings (SSSR count). The SMILES string of the molecule is CCCC[C@H](CS(=O)(=O)c1ccc(C)cc1)NS(=O)(=O)c1ccc(C)cc1. The van der Waals surface area contributed by atoms with Crippen LogP contribution in [0.2, 0.25) is 0 Å². The normalized spacial score (nSPS) is 13.4. The van der Waals surface area contributed by atoms with E-state index in [-0.39, 0.29) is 15.5 Å². The monoisotopic (exact) mass is 409 g/mol. The van der Waals surface area contributed by atoms with Crippen molar-refractivity contribution in [3.05, 3.63) is 59.7 Å². The molecule has 0 unspecified atom stereocenters. The molecule has 0 aliphatic carbocycles. The van der Waals surface area contributed by atoms with E-state index >= 15 is 0 Å². The standard InChI is InChI=1S/C20H27NO4S2/c1-4-5-6-18(15-26(22,23)19-11-7-16(2)8-12-19)21-27(24,25)20-13-9-17(3)10-14-20/h7-14,18,21H,4-6,15H2,1-3H3/t18-/m1/s1. The minimum absolute atomic E-state index is 0.141. The molecule has 0 bridgehead atoms. The third-order valence-corrected chi connectivity index (χ3v) is 7.73. The maximum absolute atomic E-state index is 12.7. The van der Waals surface area contributed by atoms with Gasteiger partial charge in [0.05, 0.1) is 15.5 Å². The molecular formula is C20H27NO4S2. The Balaban J connectivity index is 2.24. The molecule has 148 valence electrons. The lowest BCUT2D eigenvalue weighted by molar-refractivity contribution is 0.526. The van der Waals surface area contributed by atoms with Gasteiger partial charge in [0.25, 0.3) is 0 Å². The van der Waals surface area contributed by atoms with Gasteiger partial charge in [-0.1, -0.05) is 55.2 Å². The Hall–Kier alpha value is -1.70. The molecule has 0 heterocycles. The van der Waals surface area contributed by atoms with Crippen LogP contribution in [-0.4, -0.2) is 28.6 Å². The summed E-state index contributed by atoms with van der Waals surface area (Å²) in [6.45, 7) is 5.75. The molecule has 0 aliphatic rings. The molecule has 1 N–H and O–H groups in total. The van der Waals surface area contributed by atoms with Gasteiger partial charge in [-0.3, -0.25) is 0 Å². The molecule has 27 heavy (non-hydrogen) atoms. The molecule has 0 aliphatic heterocycles. The van der Waals surface area contributed by atoms with Gasteiger partial charge in [0.15, 0.2) is 9.84 Å². The van der Waals surface area contributed by atoms with Crippen molar-refractivity contribution in [3.63, 3.8) is 0 Å². The summed E-state index contributed by atoms with van der Waals surface area (Å²) in [7, 11) is -7.38. The first-order valence-electron chi connectivity index (χ1n) is 9.02. The van der Waals surface area contributed by atoms with Gasteiger partial charge in [0, 0.05) is 6.04 Å². The van der Waals surface area contributed by atoms with E-state index in [0.717, 1.165) is 24.0 Å². The Morgan fingerprint density at radius 1 is 0.815 bits per heavy atom. The topological polar surface area (TPSA) is 80.3 Å². The molecule has 5 nitrogen and oxygen atoms in total. The number of hydrogen-bond donors (Lipinski definition) is 1. The first kappa shape index (κ1) is 21.6. The fourth-order valence-corrected chi connectivity index (χ4v) is 5.64. The number of sulfone groups is 1. The van der Waals surface area contributed by atoms with Crippen LogP contribution in [0.4, 0.5) is 0 Å². The van der Waals surface area contributed by atoms with Crippen molar-refractivity contribution < 1.29 is 16.8 Å². The van der Waals surface area contributed by atoms with Gasteiger partial charge in [0.2, 0.25) is 10.0 Å². The van der Waals surface area contributed by atoms with Crippen LogP contribution in [0.5, 0.6) is 0 Å². The maximum Gasteiger partial charge on any atom is 0.240 e. The first-order chi connectivity index (χ1) is 12.6. The molecule has 0 fully saturated rings. The minimum atomic E-state index is -3.78. The summed E-state index contributed by atoms with van der Waals surface area (Å²) in [6.07, 6.45) is 2.06. The number of sulfonamides is 1.